The fourth-order valence-corrected chi connectivity index (χ4v) is 2.27. The molecule has 1 aromatic carbocycles. The lowest BCUT2D eigenvalue weighted by Crippen LogP contribution is -2.40. The quantitative estimate of drug-likeness (QED) is 0.812. The minimum absolute atomic E-state index is 0.523. The van der Waals surface area contributed by atoms with Crippen molar-refractivity contribution in [2.75, 3.05) is 23.8 Å². The minimum atomic E-state index is 0.523. The van der Waals surface area contributed by atoms with Gasteiger partial charge in [-0.1, -0.05) is 30.1 Å². The first-order valence-corrected chi connectivity index (χ1v) is 5.84. The molecular formula is C11H14Cl2N2. The molecule has 0 amide bonds. The molecule has 82 valence electrons. The third kappa shape index (κ3) is 1.88. The Labute approximate surface area is 100 Å². The molecule has 1 atom stereocenters. The molecule has 0 saturated heterocycles. The van der Waals surface area contributed by atoms with E-state index in [-0.39, 0.29) is 0 Å². The van der Waals surface area contributed by atoms with Crippen LogP contribution in [0.2, 0.25) is 10.0 Å². The Kier molecular flexibility index (Phi) is 2.98. The van der Waals surface area contributed by atoms with Gasteiger partial charge < -0.3 is 10.2 Å². The van der Waals surface area contributed by atoms with E-state index >= 15 is 0 Å². The third-order valence-electron chi connectivity index (χ3n) is 2.97. The van der Waals surface area contributed by atoms with E-state index in [1.54, 1.807) is 0 Å². The number of hydrogen-bond donors (Lipinski definition) is 1. The maximum absolute atomic E-state index is 6.02. The fourth-order valence-electron chi connectivity index (χ4n) is 1.95. The van der Waals surface area contributed by atoms with Gasteiger partial charge in [-0.25, -0.2) is 0 Å². The lowest BCUT2D eigenvalue weighted by atomic mass is 10.1. The van der Waals surface area contributed by atoms with Crippen LogP contribution in [0.15, 0.2) is 12.1 Å². The Balaban J connectivity index is 2.43. The van der Waals surface area contributed by atoms with Gasteiger partial charge in [0.1, 0.15) is 0 Å². The maximum atomic E-state index is 6.02. The van der Waals surface area contributed by atoms with Crippen LogP contribution in [0.4, 0.5) is 11.4 Å². The van der Waals surface area contributed by atoms with Crippen molar-refractivity contribution in [1.29, 1.82) is 0 Å². The highest BCUT2D eigenvalue weighted by atomic mass is 35.5. The third-order valence-corrected chi connectivity index (χ3v) is 3.69. The lowest BCUT2D eigenvalue weighted by molar-refractivity contribution is 0.622. The summed E-state index contributed by atoms with van der Waals surface area (Å²) >= 11 is 12.0. The number of nitrogens with zero attached hydrogens (tertiary/aromatic N) is 1. The molecule has 15 heavy (non-hydrogen) atoms. The summed E-state index contributed by atoms with van der Waals surface area (Å²) in [5.41, 5.74) is 2.19. The highest BCUT2D eigenvalue weighted by Crippen LogP contribution is 2.37. The zero-order valence-electron chi connectivity index (χ0n) is 8.85. The van der Waals surface area contributed by atoms with Crippen molar-refractivity contribution in [3.05, 3.63) is 22.2 Å². The first-order valence-electron chi connectivity index (χ1n) is 5.09. The maximum Gasteiger partial charge on any atom is 0.0618 e. The number of nitrogens with one attached hydrogen (secondary N) is 1. The van der Waals surface area contributed by atoms with Crippen molar-refractivity contribution < 1.29 is 0 Å². The second-order valence-corrected chi connectivity index (χ2v) is 4.65. The summed E-state index contributed by atoms with van der Waals surface area (Å²) in [6.07, 6.45) is 1.11. The number of hydrogen-bond acceptors (Lipinski definition) is 2. The van der Waals surface area contributed by atoms with Gasteiger partial charge in [-0.05, 0) is 18.6 Å². The van der Waals surface area contributed by atoms with Gasteiger partial charge in [0, 0.05) is 19.6 Å². The molecule has 1 unspecified atom stereocenters. The molecule has 0 saturated carbocycles. The Bertz CT molecular complexity index is 379. The van der Waals surface area contributed by atoms with E-state index in [2.05, 4.69) is 24.2 Å². The molecular weight excluding hydrogens is 231 g/mol. The number of anilines is 2. The van der Waals surface area contributed by atoms with Gasteiger partial charge in [0.15, 0.2) is 0 Å². The Hall–Kier alpha value is -0.600. The smallest absolute Gasteiger partial charge is 0.0618 e. The van der Waals surface area contributed by atoms with Crippen LogP contribution < -0.4 is 10.2 Å². The summed E-state index contributed by atoms with van der Waals surface area (Å²) in [6.45, 7) is 3.14. The van der Waals surface area contributed by atoms with Crippen LogP contribution in [-0.2, 0) is 0 Å². The van der Waals surface area contributed by atoms with E-state index in [0.717, 1.165) is 24.3 Å². The van der Waals surface area contributed by atoms with Gasteiger partial charge in [0.2, 0.25) is 0 Å². The molecule has 0 spiro atoms. The Morgan fingerprint density at radius 3 is 2.73 bits per heavy atom. The van der Waals surface area contributed by atoms with Crippen molar-refractivity contribution in [2.24, 2.45) is 0 Å². The van der Waals surface area contributed by atoms with Gasteiger partial charge >= 0.3 is 0 Å². The van der Waals surface area contributed by atoms with Crippen molar-refractivity contribution in [1.82, 2.24) is 0 Å². The van der Waals surface area contributed by atoms with Crippen molar-refractivity contribution in [3.8, 4) is 0 Å². The molecule has 2 nitrogen and oxygen atoms in total. The van der Waals surface area contributed by atoms with E-state index in [1.165, 1.54) is 0 Å². The van der Waals surface area contributed by atoms with Gasteiger partial charge in [-0.15, -0.1) is 0 Å². The standard InChI is InChI=1S/C11H14Cl2N2/c1-3-7-6-14-10-4-8(12)9(13)5-11(10)15(7)2/h4-5,7,14H,3,6H2,1-2H3. The topological polar surface area (TPSA) is 15.3 Å². The summed E-state index contributed by atoms with van der Waals surface area (Å²) in [5.74, 6) is 0. The average Bonchev–Trinajstić information content (AvgIpc) is 2.22. The van der Waals surface area contributed by atoms with Crippen LogP contribution in [-0.4, -0.2) is 19.6 Å². The molecule has 1 N–H and O–H groups in total. The Morgan fingerprint density at radius 1 is 1.40 bits per heavy atom. The molecule has 0 fully saturated rings. The van der Waals surface area contributed by atoms with Crippen LogP contribution >= 0.6 is 23.2 Å². The molecule has 4 heteroatoms. The molecule has 0 bridgehead atoms. The SMILES string of the molecule is CCC1CNc2cc(Cl)c(Cl)cc2N1C. The summed E-state index contributed by atoms with van der Waals surface area (Å²) in [6, 6.07) is 4.34. The average molecular weight is 245 g/mol. The van der Waals surface area contributed by atoms with E-state index in [4.69, 9.17) is 23.2 Å². The molecule has 0 radical (unpaired) electrons. The molecule has 1 aromatic rings. The molecule has 1 aliphatic heterocycles. The highest BCUT2D eigenvalue weighted by molar-refractivity contribution is 6.42. The van der Waals surface area contributed by atoms with Crippen LogP contribution in [0.25, 0.3) is 0 Å². The van der Waals surface area contributed by atoms with Gasteiger partial charge in [-0.2, -0.15) is 0 Å². The summed E-state index contributed by atoms with van der Waals surface area (Å²) in [4.78, 5) is 2.26. The van der Waals surface area contributed by atoms with Gasteiger partial charge in [0.25, 0.3) is 0 Å². The van der Waals surface area contributed by atoms with Crippen LogP contribution in [0.5, 0.6) is 0 Å². The van der Waals surface area contributed by atoms with E-state index < -0.39 is 0 Å². The number of rotatable bonds is 1. The number of likely N-dealkylation sites (N-methyl/N-ethyl adjacent to an activating group) is 1. The van der Waals surface area contributed by atoms with Gasteiger partial charge in [0.05, 0.1) is 21.4 Å². The van der Waals surface area contributed by atoms with Crippen LogP contribution in [0.1, 0.15) is 13.3 Å². The van der Waals surface area contributed by atoms with Crippen LogP contribution in [0, 0.1) is 0 Å². The molecule has 0 aromatic heterocycles. The minimum Gasteiger partial charge on any atom is -0.381 e. The lowest BCUT2D eigenvalue weighted by Gasteiger charge is -2.36. The van der Waals surface area contributed by atoms with E-state index in [1.807, 2.05) is 12.1 Å². The summed E-state index contributed by atoms with van der Waals surface area (Å²) in [5, 5.41) is 4.59. The normalized spacial score (nSPS) is 19.7. The molecule has 1 heterocycles. The molecule has 1 aliphatic rings. The summed E-state index contributed by atoms with van der Waals surface area (Å²) < 4.78 is 0. The largest absolute Gasteiger partial charge is 0.381 e. The first kappa shape index (κ1) is 10.9. The van der Waals surface area contributed by atoms with Crippen LogP contribution in [0.3, 0.4) is 0 Å². The zero-order valence-corrected chi connectivity index (χ0v) is 10.4. The number of fused-ring (bicyclic) bond motifs is 1. The second kappa shape index (κ2) is 4.11. The number of halogens is 2. The highest BCUT2D eigenvalue weighted by Gasteiger charge is 2.22. The van der Waals surface area contributed by atoms with Crippen molar-refractivity contribution in [2.45, 2.75) is 19.4 Å². The summed E-state index contributed by atoms with van der Waals surface area (Å²) in [7, 11) is 2.10. The van der Waals surface area contributed by atoms with Crippen molar-refractivity contribution >= 4 is 34.6 Å². The van der Waals surface area contributed by atoms with E-state index in [0.29, 0.717) is 16.1 Å². The van der Waals surface area contributed by atoms with E-state index in [9.17, 15) is 0 Å². The zero-order chi connectivity index (χ0) is 11.0. The fraction of sp³-hybridized carbons (Fsp3) is 0.455. The van der Waals surface area contributed by atoms with Crippen molar-refractivity contribution in [3.63, 3.8) is 0 Å². The predicted octanol–water partition coefficient (Wildman–Crippen LogP) is 3.63. The first-order chi connectivity index (χ1) is 7.13. The number of benzene rings is 1. The van der Waals surface area contributed by atoms with Gasteiger partial charge in [-0.3, -0.25) is 0 Å². The Morgan fingerprint density at radius 2 is 2.07 bits per heavy atom. The monoisotopic (exact) mass is 244 g/mol. The predicted molar refractivity (Wildman–Crippen MR) is 67.4 cm³/mol. The molecule has 0 aliphatic carbocycles. The second-order valence-electron chi connectivity index (χ2n) is 3.84. The molecule has 2 rings (SSSR count).